The van der Waals surface area contributed by atoms with Gasteiger partial charge in [-0.2, -0.15) is 0 Å². The summed E-state index contributed by atoms with van der Waals surface area (Å²) in [6, 6.07) is 6.56. The number of hydrogen-bond acceptors (Lipinski definition) is 3. The largest absolute Gasteiger partial charge is 0.493 e. The van der Waals surface area contributed by atoms with Gasteiger partial charge in [0.2, 0.25) is 0 Å². The summed E-state index contributed by atoms with van der Waals surface area (Å²) < 4.78 is 10.9. The van der Waals surface area contributed by atoms with Gasteiger partial charge in [-0.1, -0.05) is 19.9 Å². The Morgan fingerprint density at radius 1 is 1.17 bits per heavy atom. The zero-order valence-corrected chi connectivity index (χ0v) is 12.0. The number of ether oxygens (including phenoxy) is 2. The van der Waals surface area contributed by atoms with E-state index in [9.17, 15) is 0 Å². The maximum atomic E-state index is 5.53. The van der Waals surface area contributed by atoms with Gasteiger partial charge in [-0.25, -0.2) is 0 Å². The Hall–Kier alpha value is -1.22. The molecule has 102 valence electrons. The third kappa shape index (κ3) is 3.91. The first-order chi connectivity index (χ1) is 8.76. The van der Waals surface area contributed by atoms with Crippen LogP contribution in [0.2, 0.25) is 0 Å². The SMILES string of the molecule is CCCNC(CC)c1ccc(OCC)c(OC)c1. The second-order valence-electron chi connectivity index (χ2n) is 4.26. The van der Waals surface area contributed by atoms with Crippen LogP contribution in [0.4, 0.5) is 0 Å². The Morgan fingerprint density at radius 3 is 2.50 bits per heavy atom. The molecule has 3 heteroatoms. The van der Waals surface area contributed by atoms with E-state index < -0.39 is 0 Å². The summed E-state index contributed by atoms with van der Waals surface area (Å²) in [5.74, 6) is 1.63. The average Bonchev–Trinajstić information content (AvgIpc) is 2.41. The molecule has 1 aromatic rings. The van der Waals surface area contributed by atoms with Crippen molar-refractivity contribution in [3.63, 3.8) is 0 Å². The lowest BCUT2D eigenvalue weighted by molar-refractivity contribution is 0.310. The Balaban J connectivity index is 2.88. The predicted octanol–water partition coefficient (Wildman–Crippen LogP) is 3.54. The first kappa shape index (κ1) is 14.8. The van der Waals surface area contributed by atoms with E-state index in [1.165, 1.54) is 5.56 Å². The van der Waals surface area contributed by atoms with E-state index in [1.54, 1.807) is 7.11 Å². The molecule has 0 aliphatic rings. The maximum absolute atomic E-state index is 5.53. The number of benzene rings is 1. The third-order valence-corrected chi connectivity index (χ3v) is 2.94. The minimum atomic E-state index is 0.384. The van der Waals surface area contributed by atoms with Crippen molar-refractivity contribution in [3.8, 4) is 11.5 Å². The molecule has 0 fully saturated rings. The molecule has 0 saturated carbocycles. The zero-order valence-electron chi connectivity index (χ0n) is 12.0. The fourth-order valence-corrected chi connectivity index (χ4v) is 1.99. The minimum Gasteiger partial charge on any atom is -0.493 e. The van der Waals surface area contributed by atoms with Crippen LogP contribution in [-0.2, 0) is 0 Å². The summed E-state index contributed by atoms with van der Waals surface area (Å²) in [4.78, 5) is 0. The highest BCUT2D eigenvalue weighted by molar-refractivity contribution is 5.43. The van der Waals surface area contributed by atoms with Crippen LogP contribution < -0.4 is 14.8 Å². The van der Waals surface area contributed by atoms with Gasteiger partial charge in [-0.15, -0.1) is 0 Å². The molecule has 0 heterocycles. The van der Waals surface area contributed by atoms with Crippen LogP contribution in [0.25, 0.3) is 0 Å². The number of methoxy groups -OCH3 is 1. The van der Waals surface area contributed by atoms with Crippen molar-refractivity contribution < 1.29 is 9.47 Å². The average molecular weight is 251 g/mol. The normalized spacial score (nSPS) is 12.2. The molecule has 1 rings (SSSR count). The van der Waals surface area contributed by atoms with Crippen molar-refractivity contribution >= 4 is 0 Å². The van der Waals surface area contributed by atoms with Crippen LogP contribution in [-0.4, -0.2) is 20.3 Å². The first-order valence-corrected chi connectivity index (χ1v) is 6.80. The molecule has 0 aliphatic heterocycles. The van der Waals surface area contributed by atoms with Gasteiger partial charge in [0.1, 0.15) is 0 Å². The summed E-state index contributed by atoms with van der Waals surface area (Å²) in [6.45, 7) is 8.04. The summed E-state index contributed by atoms with van der Waals surface area (Å²) in [5, 5.41) is 3.54. The van der Waals surface area contributed by atoms with Gasteiger partial charge in [-0.05, 0) is 44.0 Å². The van der Waals surface area contributed by atoms with Crippen molar-refractivity contribution in [1.82, 2.24) is 5.32 Å². The molecule has 0 aromatic heterocycles. The Kier molecular flexibility index (Phi) is 6.58. The molecule has 0 spiro atoms. The molecule has 0 aliphatic carbocycles. The molecular weight excluding hydrogens is 226 g/mol. The minimum absolute atomic E-state index is 0.384. The molecule has 1 N–H and O–H groups in total. The fraction of sp³-hybridized carbons (Fsp3) is 0.600. The van der Waals surface area contributed by atoms with Gasteiger partial charge >= 0.3 is 0 Å². The molecular formula is C15H25NO2. The lowest BCUT2D eigenvalue weighted by Crippen LogP contribution is -2.21. The lowest BCUT2D eigenvalue weighted by atomic mass is 10.0. The molecule has 0 radical (unpaired) electrons. The number of rotatable bonds is 8. The number of nitrogens with one attached hydrogen (secondary N) is 1. The van der Waals surface area contributed by atoms with Crippen LogP contribution in [0.1, 0.15) is 45.2 Å². The second-order valence-corrected chi connectivity index (χ2v) is 4.26. The van der Waals surface area contributed by atoms with Gasteiger partial charge in [0.05, 0.1) is 13.7 Å². The van der Waals surface area contributed by atoms with Crippen LogP contribution >= 0.6 is 0 Å². The topological polar surface area (TPSA) is 30.5 Å². The summed E-state index contributed by atoms with van der Waals surface area (Å²) in [5.41, 5.74) is 1.26. The van der Waals surface area contributed by atoms with Crippen molar-refractivity contribution in [3.05, 3.63) is 23.8 Å². The van der Waals surface area contributed by atoms with E-state index in [0.717, 1.165) is 30.9 Å². The zero-order chi connectivity index (χ0) is 13.4. The van der Waals surface area contributed by atoms with Gasteiger partial charge in [-0.3, -0.25) is 0 Å². The third-order valence-electron chi connectivity index (χ3n) is 2.94. The van der Waals surface area contributed by atoms with Gasteiger partial charge in [0, 0.05) is 6.04 Å². The molecule has 0 amide bonds. The Morgan fingerprint density at radius 2 is 1.94 bits per heavy atom. The van der Waals surface area contributed by atoms with Crippen LogP contribution in [0, 0.1) is 0 Å². The van der Waals surface area contributed by atoms with E-state index in [0.29, 0.717) is 12.6 Å². The van der Waals surface area contributed by atoms with Gasteiger partial charge in [0.15, 0.2) is 11.5 Å². The maximum Gasteiger partial charge on any atom is 0.161 e. The van der Waals surface area contributed by atoms with Gasteiger partial charge < -0.3 is 14.8 Å². The standard InChI is InChI=1S/C15H25NO2/c1-5-10-16-13(6-2)12-8-9-14(18-7-3)15(11-12)17-4/h8-9,11,13,16H,5-7,10H2,1-4H3. The second kappa shape index (κ2) is 7.98. The predicted molar refractivity (Wildman–Crippen MR) is 75.5 cm³/mol. The van der Waals surface area contributed by atoms with Crippen LogP contribution in [0.3, 0.4) is 0 Å². The lowest BCUT2D eigenvalue weighted by Gasteiger charge is -2.19. The highest BCUT2D eigenvalue weighted by Gasteiger charge is 2.12. The van der Waals surface area contributed by atoms with Crippen LogP contribution in [0.15, 0.2) is 18.2 Å². The molecule has 1 atom stereocenters. The van der Waals surface area contributed by atoms with Crippen LogP contribution in [0.5, 0.6) is 11.5 Å². The summed E-state index contributed by atoms with van der Waals surface area (Å²) in [6.07, 6.45) is 2.21. The van der Waals surface area contributed by atoms with E-state index >= 15 is 0 Å². The monoisotopic (exact) mass is 251 g/mol. The summed E-state index contributed by atoms with van der Waals surface area (Å²) >= 11 is 0. The highest BCUT2D eigenvalue weighted by Crippen LogP contribution is 2.31. The quantitative estimate of drug-likeness (QED) is 0.766. The van der Waals surface area contributed by atoms with E-state index in [-0.39, 0.29) is 0 Å². The van der Waals surface area contributed by atoms with E-state index in [1.807, 2.05) is 13.0 Å². The molecule has 0 saturated heterocycles. The Labute approximate surface area is 110 Å². The molecule has 18 heavy (non-hydrogen) atoms. The highest BCUT2D eigenvalue weighted by atomic mass is 16.5. The molecule has 1 aromatic carbocycles. The van der Waals surface area contributed by atoms with Crippen molar-refractivity contribution in [2.24, 2.45) is 0 Å². The van der Waals surface area contributed by atoms with Gasteiger partial charge in [0.25, 0.3) is 0 Å². The first-order valence-electron chi connectivity index (χ1n) is 6.80. The van der Waals surface area contributed by atoms with Crippen molar-refractivity contribution in [1.29, 1.82) is 0 Å². The Bertz CT molecular complexity index is 352. The molecule has 0 bridgehead atoms. The number of hydrogen-bond donors (Lipinski definition) is 1. The summed E-state index contributed by atoms with van der Waals surface area (Å²) in [7, 11) is 1.68. The van der Waals surface area contributed by atoms with Crippen molar-refractivity contribution in [2.45, 2.75) is 39.7 Å². The molecule has 1 unspecified atom stereocenters. The smallest absolute Gasteiger partial charge is 0.161 e. The van der Waals surface area contributed by atoms with E-state index in [4.69, 9.17) is 9.47 Å². The fourth-order valence-electron chi connectivity index (χ4n) is 1.99. The molecule has 3 nitrogen and oxygen atoms in total. The van der Waals surface area contributed by atoms with E-state index in [2.05, 4.69) is 31.3 Å². The van der Waals surface area contributed by atoms with Crippen molar-refractivity contribution in [2.75, 3.05) is 20.3 Å².